The van der Waals surface area contributed by atoms with Crippen LogP contribution >= 0.6 is 0 Å². The van der Waals surface area contributed by atoms with E-state index in [2.05, 4.69) is 5.32 Å². The van der Waals surface area contributed by atoms with E-state index >= 15 is 0 Å². The summed E-state index contributed by atoms with van der Waals surface area (Å²) in [5.41, 5.74) is 2.00. The van der Waals surface area contributed by atoms with E-state index < -0.39 is 0 Å². The molecule has 3 rings (SSSR count). The Labute approximate surface area is 95.4 Å². The van der Waals surface area contributed by atoms with Crippen LogP contribution in [0.15, 0.2) is 24.3 Å². The summed E-state index contributed by atoms with van der Waals surface area (Å²) >= 11 is 0. The Hall–Kier alpha value is -1.35. The number of fused-ring (bicyclic) bond motifs is 1. The van der Waals surface area contributed by atoms with Gasteiger partial charge in [-0.3, -0.25) is 4.79 Å². The lowest BCUT2D eigenvalue weighted by Gasteiger charge is -2.26. The minimum absolute atomic E-state index is 0.222. The van der Waals surface area contributed by atoms with Crippen LogP contribution in [0.2, 0.25) is 0 Å². The first kappa shape index (κ1) is 9.85. The van der Waals surface area contributed by atoms with Gasteiger partial charge in [-0.25, -0.2) is 0 Å². The lowest BCUT2D eigenvalue weighted by Crippen LogP contribution is -2.41. The van der Waals surface area contributed by atoms with Gasteiger partial charge in [0.2, 0.25) is 0 Å². The van der Waals surface area contributed by atoms with Gasteiger partial charge < -0.3 is 10.2 Å². The van der Waals surface area contributed by atoms with E-state index in [1.54, 1.807) is 0 Å². The molecule has 0 radical (unpaired) electrons. The van der Waals surface area contributed by atoms with Crippen molar-refractivity contribution in [3.8, 4) is 0 Å². The van der Waals surface area contributed by atoms with Gasteiger partial charge in [0.25, 0.3) is 5.91 Å². The highest BCUT2D eigenvalue weighted by Crippen LogP contribution is 2.29. The van der Waals surface area contributed by atoms with Gasteiger partial charge in [0.15, 0.2) is 0 Å². The predicted molar refractivity (Wildman–Crippen MR) is 62.2 cm³/mol. The van der Waals surface area contributed by atoms with Crippen LogP contribution in [0.5, 0.6) is 0 Å². The molecule has 0 saturated heterocycles. The molecule has 16 heavy (non-hydrogen) atoms. The largest absolute Gasteiger partial charge is 0.334 e. The Morgan fingerprint density at radius 2 is 2.06 bits per heavy atom. The maximum Gasteiger partial charge on any atom is 0.254 e. The molecular formula is C13H16N2O. The third-order valence-electron chi connectivity index (χ3n) is 3.34. The van der Waals surface area contributed by atoms with Crippen molar-refractivity contribution in [2.24, 2.45) is 0 Å². The summed E-state index contributed by atoms with van der Waals surface area (Å²) in [7, 11) is 0. The van der Waals surface area contributed by atoms with E-state index in [1.807, 2.05) is 29.2 Å². The smallest absolute Gasteiger partial charge is 0.254 e. The second-order valence-electron chi connectivity index (χ2n) is 4.56. The average Bonchev–Trinajstić information content (AvgIpc) is 3.10. The molecule has 3 heteroatoms. The predicted octanol–water partition coefficient (Wildman–Crippen LogP) is 1.39. The summed E-state index contributed by atoms with van der Waals surface area (Å²) in [6, 6.07) is 8.43. The monoisotopic (exact) mass is 216 g/mol. The van der Waals surface area contributed by atoms with Crippen LogP contribution < -0.4 is 5.32 Å². The number of benzene rings is 1. The van der Waals surface area contributed by atoms with Crippen molar-refractivity contribution in [2.75, 3.05) is 13.1 Å². The molecule has 0 aromatic heterocycles. The zero-order valence-corrected chi connectivity index (χ0v) is 9.28. The molecule has 1 aliphatic heterocycles. The number of amides is 1. The van der Waals surface area contributed by atoms with Crippen molar-refractivity contribution in [1.29, 1.82) is 0 Å². The van der Waals surface area contributed by atoms with Crippen LogP contribution in [0.1, 0.15) is 28.8 Å². The van der Waals surface area contributed by atoms with E-state index in [4.69, 9.17) is 0 Å². The third-order valence-corrected chi connectivity index (χ3v) is 3.34. The Kier molecular flexibility index (Phi) is 2.40. The summed E-state index contributed by atoms with van der Waals surface area (Å²) < 4.78 is 0. The zero-order chi connectivity index (χ0) is 11.0. The summed E-state index contributed by atoms with van der Waals surface area (Å²) in [6.07, 6.45) is 2.35. The van der Waals surface area contributed by atoms with Crippen LogP contribution in [-0.2, 0) is 6.54 Å². The standard InChI is InChI=1S/C13H16N2O/c16-13-12-4-2-1-3-10(12)9-14-7-8-15(13)11-5-6-11/h1-4,11,14H,5-9H2. The second kappa shape index (κ2) is 3.91. The van der Waals surface area contributed by atoms with Gasteiger partial charge >= 0.3 is 0 Å². The van der Waals surface area contributed by atoms with Crippen molar-refractivity contribution >= 4 is 5.91 Å². The van der Waals surface area contributed by atoms with Crippen LogP contribution in [0.3, 0.4) is 0 Å². The van der Waals surface area contributed by atoms with Crippen molar-refractivity contribution < 1.29 is 4.79 Å². The van der Waals surface area contributed by atoms with Gasteiger partial charge in [0.05, 0.1) is 0 Å². The van der Waals surface area contributed by atoms with Gasteiger partial charge in [0, 0.05) is 31.2 Å². The first-order valence-corrected chi connectivity index (χ1v) is 5.96. The molecule has 1 fully saturated rings. The van der Waals surface area contributed by atoms with Crippen molar-refractivity contribution in [3.63, 3.8) is 0 Å². The molecule has 0 unspecified atom stereocenters. The molecular weight excluding hydrogens is 200 g/mol. The number of carbonyl (C=O) groups is 1. The molecule has 1 amide bonds. The Morgan fingerprint density at radius 3 is 2.88 bits per heavy atom. The first-order valence-electron chi connectivity index (χ1n) is 5.96. The zero-order valence-electron chi connectivity index (χ0n) is 9.28. The van der Waals surface area contributed by atoms with Crippen LogP contribution in [0.25, 0.3) is 0 Å². The third kappa shape index (κ3) is 1.71. The average molecular weight is 216 g/mol. The van der Waals surface area contributed by atoms with Crippen LogP contribution in [-0.4, -0.2) is 29.9 Å². The topological polar surface area (TPSA) is 32.3 Å². The van der Waals surface area contributed by atoms with Crippen LogP contribution in [0, 0.1) is 0 Å². The van der Waals surface area contributed by atoms with Crippen LogP contribution in [0.4, 0.5) is 0 Å². The fourth-order valence-corrected chi connectivity index (χ4v) is 2.30. The minimum atomic E-state index is 0.222. The highest BCUT2D eigenvalue weighted by atomic mass is 16.2. The quantitative estimate of drug-likeness (QED) is 0.769. The van der Waals surface area contributed by atoms with Gasteiger partial charge in [0.1, 0.15) is 0 Å². The second-order valence-corrected chi connectivity index (χ2v) is 4.56. The van der Waals surface area contributed by atoms with E-state index in [0.29, 0.717) is 6.04 Å². The Morgan fingerprint density at radius 1 is 1.25 bits per heavy atom. The SMILES string of the molecule is O=C1c2ccccc2CNCCN1C1CC1. The number of nitrogens with zero attached hydrogens (tertiary/aromatic N) is 1. The summed E-state index contributed by atoms with van der Waals surface area (Å²) in [4.78, 5) is 14.4. The van der Waals surface area contributed by atoms with Gasteiger partial charge in [-0.2, -0.15) is 0 Å². The van der Waals surface area contributed by atoms with E-state index in [9.17, 15) is 4.79 Å². The normalized spacial score (nSPS) is 21.2. The van der Waals surface area contributed by atoms with Crippen molar-refractivity contribution in [2.45, 2.75) is 25.4 Å². The number of hydrogen-bond acceptors (Lipinski definition) is 2. The summed E-state index contributed by atoms with van der Waals surface area (Å²) in [6.45, 7) is 2.55. The molecule has 1 aliphatic carbocycles. The summed E-state index contributed by atoms with van der Waals surface area (Å²) in [5.74, 6) is 0.222. The molecule has 1 saturated carbocycles. The molecule has 1 aromatic carbocycles. The molecule has 3 nitrogen and oxygen atoms in total. The molecule has 0 atom stereocenters. The lowest BCUT2D eigenvalue weighted by atomic mass is 10.1. The number of hydrogen-bond donors (Lipinski definition) is 1. The fourth-order valence-electron chi connectivity index (χ4n) is 2.30. The van der Waals surface area contributed by atoms with Gasteiger partial charge in [-0.1, -0.05) is 18.2 Å². The number of carbonyl (C=O) groups excluding carboxylic acids is 1. The highest BCUT2D eigenvalue weighted by Gasteiger charge is 2.33. The van der Waals surface area contributed by atoms with Crippen molar-refractivity contribution in [3.05, 3.63) is 35.4 Å². The molecule has 1 heterocycles. The fraction of sp³-hybridized carbons (Fsp3) is 0.462. The Balaban J connectivity index is 1.96. The van der Waals surface area contributed by atoms with Gasteiger partial charge in [-0.05, 0) is 24.5 Å². The van der Waals surface area contributed by atoms with E-state index in [0.717, 1.165) is 30.8 Å². The number of nitrogens with one attached hydrogen (secondary N) is 1. The molecule has 1 N–H and O–H groups in total. The van der Waals surface area contributed by atoms with Gasteiger partial charge in [-0.15, -0.1) is 0 Å². The highest BCUT2D eigenvalue weighted by molar-refractivity contribution is 5.96. The maximum absolute atomic E-state index is 12.4. The molecule has 2 aliphatic rings. The molecule has 84 valence electrons. The maximum atomic E-state index is 12.4. The Bertz CT molecular complexity index is 412. The first-order chi connectivity index (χ1) is 7.86. The minimum Gasteiger partial charge on any atom is -0.334 e. The molecule has 0 bridgehead atoms. The molecule has 0 spiro atoms. The molecule has 1 aromatic rings. The van der Waals surface area contributed by atoms with E-state index in [-0.39, 0.29) is 5.91 Å². The summed E-state index contributed by atoms with van der Waals surface area (Å²) in [5, 5.41) is 3.38. The van der Waals surface area contributed by atoms with Crippen molar-refractivity contribution in [1.82, 2.24) is 10.2 Å². The van der Waals surface area contributed by atoms with E-state index in [1.165, 1.54) is 12.8 Å². The lowest BCUT2D eigenvalue weighted by molar-refractivity contribution is 0.0738. The number of rotatable bonds is 1.